The Labute approximate surface area is 135 Å². The van der Waals surface area contributed by atoms with Gasteiger partial charge in [-0.1, -0.05) is 24.6 Å². The highest BCUT2D eigenvalue weighted by molar-refractivity contribution is 5.77. The predicted molar refractivity (Wildman–Crippen MR) is 89.2 cm³/mol. The topological polar surface area (TPSA) is 77.1 Å². The van der Waals surface area contributed by atoms with E-state index in [4.69, 9.17) is 5.73 Å². The van der Waals surface area contributed by atoms with Crippen molar-refractivity contribution in [3.8, 4) is 5.69 Å². The fourth-order valence-electron chi connectivity index (χ4n) is 3.21. The largest absolute Gasteiger partial charge is 0.369 e. The number of amides is 1. The van der Waals surface area contributed by atoms with Crippen molar-refractivity contribution in [3.05, 3.63) is 64.6 Å². The minimum atomic E-state index is -0.209. The van der Waals surface area contributed by atoms with Gasteiger partial charge in [-0.2, -0.15) is 0 Å². The number of aromatic nitrogens is 1. The fourth-order valence-corrected chi connectivity index (χ4v) is 3.21. The second kappa shape index (κ2) is 6.79. The molecule has 0 aliphatic heterocycles. The number of nitrogens with one attached hydrogen (secondary N) is 1. The van der Waals surface area contributed by atoms with Gasteiger partial charge in [-0.3, -0.25) is 14.2 Å². The molecular formula is C18H21N3O2. The summed E-state index contributed by atoms with van der Waals surface area (Å²) in [5.41, 5.74) is 7.36. The van der Waals surface area contributed by atoms with Gasteiger partial charge in [-0.15, -0.1) is 0 Å². The molecule has 0 saturated heterocycles. The summed E-state index contributed by atoms with van der Waals surface area (Å²) in [6, 6.07) is 13.1. The van der Waals surface area contributed by atoms with Crippen molar-refractivity contribution in [2.24, 2.45) is 11.7 Å². The van der Waals surface area contributed by atoms with Crippen molar-refractivity contribution in [1.82, 2.24) is 9.88 Å². The van der Waals surface area contributed by atoms with Crippen LogP contribution in [0.1, 0.15) is 24.8 Å². The molecule has 1 fully saturated rings. The van der Waals surface area contributed by atoms with Crippen molar-refractivity contribution in [2.45, 2.75) is 31.8 Å². The minimum Gasteiger partial charge on any atom is -0.369 e. The van der Waals surface area contributed by atoms with Gasteiger partial charge in [-0.25, -0.2) is 0 Å². The van der Waals surface area contributed by atoms with E-state index < -0.39 is 0 Å². The van der Waals surface area contributed by atoms with Gasteiger partial charge in [0.15, 0.2) is 0 Å². The minimum absolute atomic E-state index is 0.0476. The Bertz CT molecular complexity index is 736. The van der Waals surface area contributed by atoms with Gasteiger partial charge in [0.2, 0.25) is 5.91 Å². The summed E-state index contributed by atoms with van der Waals surface area (Å²) in [7, 11) is 0. The Morgan fingerprint density at radius 2 is 1.96 bits per heavy atom. The maximum absolute atomic E-state index is 11.8. The molecule has 0 spiro atoms. The van der Waals surface area contributed by atoms with Crippen molar-refractivity contribution >= 4 is 5.91 Å². The molecule has 1 aliphatic carbocycles. The van der Waals surface area contributed by atoms with Crippen molar-refractivity contribution in [1.29, 1.82) is 0 Å². The highest BCUT2D eigenvalue weighted by Crippen LogP contribution is 2.25. The average molecular weight is 311 g/mol. The molecule has 120 valence electrons. The molecule has 3 rings (SSSR count). The number of hydrogen-bond acceptors (Lipinski definition) is 3. The molecule has 0 radical (unpaired) electrons. The van der Waals surface area contributed by atoms with E-state index >= 15 is 0 Å². The third-order valence-electron chi connectivity index (χ3n) is 4.49. The molecule has 1 heterocycles. The Morgan fingerprint density at radius 1 is 1.17 bits per heavy atom. The Kier molecular flexibility index (Phi) is 4.57. The first-order chi connectivity index (χ1) is 11.1. The summed E-state index contributed by atoms with van der Waals surface area (Å²) in [6.07, 6.45) is 4.67. The molecule has 3 N–H and O–H groups in total. The lowest BCUT2D eigenvalue weighted by atomic mass is 10.0. The van der Waals surface area contributed by atoms with Crippen LogP contribution in [0.15, 0.2) is 53.5 Å². The van der Waals surface area contributed by atoms with Gasteiger partial charge in [0.05, 0.1) is 5.92 Å². The van der Waals surface area contributed by atoms with E-state index in [0.717, 1.165) is 30.5 Å². The van der Waals surface area contributed by atoms with Crippen LogP contribution in [0.25, 0.3) is 5.69 Å². The molecule has 1 saturated carbocycles. The zero-order chi connectivity index (χ0) is 16.2. The molecule has 1 aromatic carbocycles. The van der Waals surface area contributed by atoms with Gasteiger partial charge in [-0.05, 0) is 36.6 Å². The first-order valence-corrected chi connectivity index (χ1v) is 7.95. The van der Waals surface area contributed by atoms with Gasteiger partial charge in [0.1, 0.15) is 0 Å². The molecule has 1 aromatic heterocycles. The normalized spacial score (nSPS) is 20.5. The second-order valence-corrected chi connectivity index (χ2v) is 6.00. The number of nitrogens with two attached hydrogens (primary N) is 1. The van der Waals surface area contributed by atoms with Gasteiger partial charge < -0.3 is 11.1 Å². The molecule has 2 atom stereocenters. The predicted octanol–water partition coefficient (Wildman–Crippen LogP) is 1.58. The van der Waals surface area contributed by atoms with Crippen LogP contribution in [0.2, 0.25) is 0 Å². The standard InChI is InChI=1S/C18H21N3O2/c19-18(23)15-4-3-5-16(15)20-12-13-7-9-14(10-8-13)21-11-2-1-6-17(21)22/h1-2,6-11,15-16,20H,3-5,12H2,(H2,19,23). The molecular weight excluding hydrogens is 290 g/mol. The number of pyridine rings is 1. The lowest BCUT2D eigenvalue weighted by Crippen LogP contribution is -2.38. The van der Waals surface area contributed by atoms with E-state index in [1.54, 1.807) is 22.9 Å². The molecule has 5 nitrogen and oxygen atoms in total. The third kappa shape index (κ3) is 3.51. The van der Waals surface area contributed by atoms with Crippen LogP contribution in [-0.2, 0) is 11.3 Å². The van der Waals surface area contributed by atoms with Gasteiger partial charge in [0.25, 0.3) is 5.56 Å². The van der Waals surface area contributed by atoms with E-state index in [0.29, 0.717) is 6.54 Å². The van der Waals surface area contributed by atoms with Crippen LogP contribution in [-0.4, -0.2) is 16.5 Å². The first kappa shape index (κ1) is 15.5. The molecule has 5 heteroatoms. The molecule has 2 aromatic rings. The monoisotopic (exact) mass is 311 g/mol. The number of nitrogens with zero attached hydrogens (tertiary/aromatic N) is 1. The lowest BCUT2D eigenvalue weighted by molar-refractivity contribution is -0.122. The zero-order valence-electron chi connectivity index (χ0n) is 12.9. The molecule has 0 bridgehead atoms. The summed E-state index contributed by atoms with van der Waals surface area (Å²) in [5.74, 6) is -0.268. The van der Waals surface area contributed by atoms with E-state index in [9.17, 15) is 9.59 Å². The number of primary amides is 1. The lowest BCUT2D eigenvalue weighted by Gasteiger charge is -2.18. The van der Waals surface area contributed by atoms with E-state index in [2.05, 4.69) is 5.32 Å². The Balaban J connectivity index is 1.65. The van der Waals surface area contributed by atoms with Crippen LogP contribution in [0.5, 0.6) is 0 Å². The van der Waals surface area contributed by atoms with Crippen LogP contribution in [0, 0.1) is 5.92 Å². The number of rotatable bonds is 5. The van der Waals surface area contributed by atoms with Crippen LogP contribution in [0.4, 0.5) is 0 Å². The smallest absolute Gasteiger partial charge is 0.255 e. The van der Waals surface area contributed by atoms with Crippen LogP contribution in [0.3, 0.4) is 0 Å². The maximum atomic E-state index is 11.8. The molecule has 1 aliphatic rings. The Hall–Kier alpha value is -2.40. The third-order valence-corrected chi connectivity index (χ3v) is 4.49. The highest BCUT2D eigenvalue weighted by Gasteiger charge is 2.30. The van der Waals surface area contributed by atoms with Crippen LogP contribution < -0.4 is 16.6 Å². The summed E-state index contributed by atoms with van der Waals surface area (Å²) in [5, 5.41) is 3.43. The number of carbonyl (C=O) groups excluding carboxylic acids is 1. The average Bonchev–Trinajstić information content (AvgIpc) is 3.03. The summed E-state index contributed by atoms with van der Waals surface area (Å²) >= 11 is 0. The van der Waals surface area contributed by atoms with Gasteiger partial charge >= 0.3 is 0 Å². The summed E-state index contributed by atoms with van der Waals surface area (Å²) in [6.45, 7) is 0.693. The van der Waals surface area contributed by atoms with Crippen molar-refractivity contribution < 1.29 is 4.79 Å². The molecule has 23 heavy (non-hydrogen) atoms. The SMILES string of the molecule is NC(=O)C1CCCC1NCc1ccc(-n2ccccc2=O)cc1. The number of benzene rings is 1. The van der Waals surface area contributed by atoms with E-state index in [1.807, 2.05) is 30.3 Å². The zero-order valence-corrected chi connectivity index (χ0v) is 12.9. The highest BCUT2D eigenvalue weighted by atomic mass is 16.1. The molecule has 2 unspecified atom stereocenters. The number of hydrogen-bond donors (Lipinski definition) is 2. The van der Waals surface area contributed by atoms with Crippen molar-refractivity contribution in [2.75, 3.05) is 0 Å². The summed E-state index contributed by atoms with van der Waals surface area (Å²) < 4.78 is 1.61. The summed E-state index contributed by atoms with van der Waals surface area (Å²) in [4.78, 5) is 23.2. The second-order valence-electron chi connectivity index (χ2n) is 6.00. The number of carbonyl (C=O) groups is 1. The fraction of sp³-hybridized carbons (Fsp3) is 0.333. The van der Waals surface area contributed by atoms with E-state index in [1.165, 1.54) is 0 Å². The maximum Gasteiger partial charge on any atom is 0.255 e. The molecule has 1 amide bonds. The first-order valence-electron chi connectivity index (χ1n) is 7.95. The van der Waals surface area contributed by atoms with E-state index in [-0.39, 0.29) is 23.4 Å². The van der Waals surface area contributed by atoms with Crippen molar-refractivity contribution in [3.63, 3.8) is 0 Å². The van der Waals surface area contributed by atoms with Gasteiger partial charge in [0, 0.05) is 30.5 Å². The van der Waals surface area contributed by atoms with Crippen LogP contribution >= 0.6 is 0 Å². The Morgan fingerprint density at radius 3 is 2.65 bits per heavy atom. The quantitative estimate of drug-likeness (QED) is 0.880.